The van der Waals surface area contributed by atoms with Gasteiger partial charge in [-0.2, -0.15) is 10.4 Å². The minimum atomic E-state index is 0.185. The van der Waals surface area contributed by atoms with E-state index in [9.17, 15) is 0 Å². The number of H-pyrrole nitrogens is 1. The lowest BCUT2D eigenvalue weighted by atomic mass is 10.4. The fraction of sp³-hybridized carbons (Fsp3) is 0.200. The molecule has 0 saturated carbocycles. The first-order valence-electron chi connectivity index (χ1n) is 2.89. The van der Waals surface area contributed by atoms with Crippen LogP contribution in [-0.2, 0) is 0 Å². The van der Waals surface area contributed by atoms with Gasteiger partial charge in [-0.05, 0) is 0 Å². The van der Waals surface area contributed by atoms with Gasteiger partial charge in [-0.15, -0.1) is 10.2 Å². The largest absolute Gasteiger partial charge is 0.326 e. The highest BCUT2D eigenvalue weighted by molar-refractivity contribution is 6.08. The van der Waals surface area contributed by atoms with E-state index in [1.807, 2.05) is 6.07 Å². The van der Waals surface area contributed by atoms with Gasteiger partial charge in [-0.3, -0.25) is 0 Å². The zero-order chi connectivity index (χ0) is 8.10. The average Bonchev–Trinajstić information content (AvgIpc) is 2.52. The van der Waals surface area contributed by atoms with E-state index in [2.05, 4.69) is 25.7 Å². The number of hydrogen-bond donors (Lipinski definition) is 2. The molecule has 56 valence electrons. The Hall–Kier alpha value is -1.90. The van der Waals surface area contributed by atoms with E-state index in [0.29, 0.717) is 5.82 Å². The molecule has 1 rings (SSSR count). The molecule has 0 unspecified atom stereocenters. The number of hydrogen-bond acceptors (Lipinski definition) is 5. The Morgan fingerprint density at radius 3 is 3.18 bits per heavy atom. The Balaban J connectivity index is 2.91. The van der Waals surface area contributed by atoms with Crippen molar-refractivity contribution in [3.8, 4) is 6.07 Å². The molecule has 11 heavy (non-hydrogen) atoms. The second-order valence-electron chi connectivity index (χ2n) is 1.63. The fourth-order valence-corrected chi connectivity index (χ4v) is 0.564. The van der Waals surface area contributed by atoms with Crippen molar-refractivity contribution in [2.45, 2.75) is 0 Å². The van der Waals surface area contributed by atoms with Gasteiger partial charge in [0.05, 0.1) is 0 Å². The summed E-state index contributed by atoms with van der Waals surface area (Å²) < 4.78 is 0. The van der Waals surface area contributed by atoms with Crippen LogP contribution in [0.1, 0.15) is 5.82 Å². The molecule has 0 saturated heterocycles. The average molecular weight is 150 g/mol. The molecular weight excluding hydrogens is 144 g/mol. The third kappa shape index (κ3) is 1.52. The molecule has 0 aromatic carbocycles. The van der Waals surface area contributed by atoms with Gasteiger partial charge in [0.2, 0.25) is 5.71 Å². The molecule has 2 N–H and O–H groups in total. The normalized spacial score (nSPS) is 10.7. The van der Waals surface area contributed by atoms with Crippen molar-refractivity contribution >= 4 is 5.71 Å². The maximum absolute atomic E-state index is 8.52. The number of aromatic amines is 1. The van der Waals surface area contributed by atoms with E-state index < -0.39 is 0 Å². The van der Waals surface area contributed by atoms with Gasteiger partial charge in [0.25, 0.3) is 0 Å². The van der Waals surface area contributed by atoms with Crippen molar-refractivity contribution in [1.29, 1.82) is 5.26 Å². The van der Waals surface area contributed by atoms with Crippen LogP contribution in [-0.4, -0.2) is 27.9 Å². The molecule has 0 atom stereocenters. The molecule has 0 aliphatic heterocycles. The van der Waals surface area contributed by atoms with E-state index in [1.165, 1.54) is 6.33 Å². The van der Waals surface area contributed by atoms with Crippen LogP contribution in [0.5, 0.6) is 0 Å². The van der Waals surface area contributed by atoms with Gasteiger partial charge in [0, 0.05) is 7.05 Å². The maximum atomic E-state index is 8.52. The van der Waals surface area contributed by atoms with Gasteiger partial charge >= 0.3 is 0 Å². The van der Waals surface area contributed by atoms with E-state index >= 15 is 0 Å². The van der Waals surface area contributed by atoms with Crippen molar-refractivity contribution < 1.29 is 0 Å². The number of aromatic nitrogens is 3. The van der Waals surface area contributed by atoms with Crippen molar-refractivity contribution in [3.05, 3.63) is 12.2 Å². The molecule has 6 nitrogen and oxygen atoms in total. The summed E-state index contributed by atoms with van der Waals surface area (Å²) in [4.78, 5) is 2.66. The molecule has 1 aromatic rings. The number of nitrogens with zero attached hydrogens (tertiary/aromatic N) is 4. The summed E-state index contributed by atoms with van der Waals surface area (Å²) >= 11 is 0. The Kier molecular flexibility index (Phi) is 2.17. The summed E-state index contributed by atoms with van der Waals surface area (Å²) in [5.41, 5.74) is 2.67. The summed E-state index contributed by atoms with van der Waals surface area (Å²) in [6, 6.07) is 1.86. The molecule has 0 amide bonds. The molecule has 0 fully saturated rings. The second kappa shape index (κ2) is 3.31. The Morgan fingerprint density at radius 1 is 1.91 bits per heavy atom. The molecule has 0 aliphatic rings. The van der Waals surface area contributed by atoms with Gasteiger partial charge in [-0.25, -0.2) is 0 Å². The first-order chi connectivity index (χ1) is 5.38. The predicted octanol–water partition coefficient (Wildman–Crippen LogP) is -0.748. The molecule has 0 radical (unpaired) electrons. The molecule has 1 heterocycles. The number of rotatable bonds is 2. The number of hydrazone groups is 1. The first-order valence-corrected chi connectivity index (χ1v) is 2.89. The fourth-order valence-electron chi connectivity index (χ4n) is 0.564. The van der Waals surface area contributed by atoms with Gasteiger partial charge < -0.3 is 10.4 Å². The highest BCUT2D eigenvalue weighted by atomic mass is 15.3. The lowest BCUT2D eigenvalue weighted by Crippen LogP contribution is -2.06. The minimum absolute atomic E-state index is 0.185. The molecule has 0 bridgehead atoms. The molecular formula is C5H6N6. The smallest absolute Gasteiger partial charge is 0.204 e. The van der Waals surface area contributed by atoms with Crippen molar-refractivity contribution in [3.63, 3.8) is 0 Å². The monoisotopic (exact) mass is 150 g/mol. The van der Waals surface area contributed by atoms with Gasteiger partial charge in [0.15, 0.2) is 5.82 Å². The van der Waals surface area contributed by atoms with E-state index in [1.54, 1.807) is 7.05 Å². The maximum Gasteiger partial charge on any atom is 0.204 e. The van der Waals surface area contributed by atoms with Crippen LogP contribution in [0.25, 0.3) is 0 Å². The summed E-state index contributed by atoms with van der Waals surface area (Å²) in [5.74, 6) is 0.363. The Morgan fingerprint density at radius 2 is 2.73 bits per heavy atom. The Bertz CT molecular complexity index is 278. The van der Waals surface area contributed by atoms with E-state index in [-0.39, 0.29) is 5.71 Å². The molecule has 6 heteroatoms. The summed E-state index contributed by atoms with van der Waals surface area (Å²) in [5, 5.41) is 19.3. The van der Waals surface area contributed by atoms with Crippen LogP contribution < -0.4 is 5.43 Å². The zero-order valence-electron chi connectivity index (χ0n) is 5.87. The zero-order valence-corrected chi connectivity index (χ0v) is 5.87. The standard InChI is InChI=1S/C5H6N6/c1-7-10-4(2-6)5-8-3-9-11-5/h3,7H,1H3,(H,8,9,11)/b10-4+. The van der Waals surface area contributed by atoms with Crippen LogP contribution in [0.15, 0.2) is 11.4 Å². The third-order valence-electron chi connectivity index (χ3n) is 0.971. The highest BCUT2D eigenvalue weighted by Gasteiger charge is 2.03. The van der Waals surface area contributed by atoms with E-state index in [4.69, 9.17) is 5.26 Å². The summed E-state index contributed by atoms with van der Waals surface area (Å²) in [6.07, 6.45) is 1.39. The van der Waals surface area contributed by atoms with Crippen molar-refractivity contribution in [1.82, 2.24) is 20.6 Å². The Labute approximate surface area is 63.0 Å². The summed E-state index contributed by atoms with van der Waals surface area (Å²) in [7, 11) is 1.60. The number of nitrogens with one attached hydrogen (secondary N) is 2. The van der Waals surface area contributed by atoms with Gasteiger partial charge in [0.1, 0.15) is 12.4 Å². The lowest BCUT2D eigenvalue weighted by molar-refractivity contribution is 0.899. The van der Waals surface area contributed by atoms with Gasteiger partial charge in [-0.1, -0.05) is 0 Å². The molecule has 0 spiro atoms. The topological polar surface area (TPSA) is 89.8 Å². The van der Waals surface area contributed by atoms with E-state index in [0.717, 1.165) is 0 Å². The predicted molar refractivity (Wildman–Crippen MR) is 37.6 cm³/mol. The molecule has 1 aromatic heterocycles. The minimum Gasteiger partial charge on any atom is -0.326 e. The van der Waals surface area contributed by atoms with Crippen molar-refractivity contribution in [2.75, 3.05) is 7.05 Å². The summed E-state index contributed by atoms with van der Waals surface area (Å²) in [6.45, 7) is 0. The number of nitriles is 1. The third-order valence-corrected chi connectivity index (χ3v) is 0.971. The van der Waals surface area contributed by atoms with Crippen LogP contribution in [0.3, 0.4) is 0 Å². The first kappa shape index (κ1) is 7.21. The highest BCUT2D eigenvalue weighted by Crippen LogP contribution is 1.87. The SMILES string of the molecule is CN/N=C(\C#N)c1nnc[nH]1. The van der Waals surface area contributed by atoms with Crippen LogP contribution >= 0.6 is 0 Å². The van der Waals surface area contributed by atoms with Crippen molar-refractivity contribution in [2.24, 2.45) is 5.10 Å². The second-order valence-corrected chi connectivity index (χ2v) is 1.63. The van der Waals surface area contributed by atoms with Crippen LogP contribution in [0.2, 0.25) is 0 Å². The lowest BCUT2D eigenvalue weighted by Gasteiger charge is -1.88. The van der Waals surface area contributed by atoms with Crippen LogP contribution in [0, 0.1) is 11.3 Å². The molecule has 0 aliphatic carbocycles. The quantitative estimate of drug-likeness (QED) is 0.429. The van der Waals surface area contributed by atoms with Crippen LogP contribution in [0.4, 0.5) is 0 Å².